The molecule has 1 atom stereocenters. The summed E-state index contributed by atoms with van der Waals surface area (Å²) in [4.78, 5) is 0. The standard InChI is InChI=1S/C19H31NO/c1-3-5-6-7-8-15-21-19-14-10-11-16-17(19)12-9-13-18(16)20-4-2/h10-11,14,18,20H,3-9,12-13,15H2,1-2H3. The van der Waals surface area contributed by atoms with E-state index >= 15 is 0 Å². The van der Waals surface area contributed by atoms with Crippen molar-refractivity contribution < 1.29 is 4.74 Å². The van der Waals surface area contributed by atoms with Crippen LogP contribution >= 0.6 is 0 Å². The van der Waals surface area contributed by atoms with E-state index in [-0.39, 0.29) is 0 Å². The number of fused-ring (bicyclic) bond motifs is 1. The lowest BCUT2D eigenvalue weighted by Crippen LogP contribution is -2.25. The van der Waals surface area contributed by atoms with Crippen molar-refractivity contribution in [2.24, 2.45) is 0 Å². The van der Waals surface area contributed by atoms with E-state index in [1.165, 1.54) is 62.5 Å². The third-order valence-corrected chi connectivity index (χ3v) is 4.42. The lowest BCUT2D eigenvalue weighted by atomic mass is 9.87. The van der Waals surface area contributed by atoms with Crippen molar-refractivity contribution in [3.05, 3.63) is 29.3 Å². The number of hydrogen-bond acceptors (Lipinski definition) is 2. The molecule has 1 aromatic rings. The summed E-state index contributed by atoms with van der Waals surface area (Å²) in [6.45, 7) is 6.34. The van der Waals surface area contributed by atoms with Crippen LogP contribution in [0.5, 0.6) is 5.75 Å². The molecule has 118 valence electrons. The SMILES string of the molecule is CCCCCCCOc1cccc2c1CCCC2NCC. The summed E-state index contributed by atoms with van der Waals surface area (Å²) in [6, 6.07) is 7.10. The molecule has 0 saturated heterocycles. The van der Waals surface area contributed by atoms with Gasteiger partial charge >= 0.3 is 0 Å². The van der Waals surface area contributed by atoms with Gasteiger partial charge in [-0.1, -0.05) is 51.7 Å². The molecule has 2 rings (SSSR count). The highest BCUT2D eigenvalue weighted by atomic mass is 16.5. The Morgan fingerprint density at radius 1 is 1.14 bits per heavy atom. The van der Waals surface area contributed by atoms with E-state index in [0.717, 1.165) is 18.9 Å². The molecule has 1 N–H and O–H groups in total. The average Bonchev–Trinajstić information content (AvgIpc) is 2.51. The highest BCUT2D eigenvalue weighted by molar-refractivity contribution is 5.43. The molecule has 1 aromatic carbocycles. The van der Waals surface area contributed by atoms with Crippen LogP contribution in [0.25, 0.3) is 0 Å². The van der Waals surface area contributed by atoms with Gasteiger partial charge in [-0.15, -0.1) is 0 Å². The lowest BCUT2D eigenvalue weighted by molar-refractivity contribution is 0.298. The first kappa shape index (κ1) is 16.4. The molecular weight excluding hydrogens is 258 g/mol. The molecule has 2 nitrogen and oxygen atoms in total. The summed E-state index contributed by atoms with van der Waals surface area (Å²) in [7, 11) is 0. The van der Waals surface area contributed by atoms with Crippen LogP contribution in [0.4, 0.5) is 0 Å². The Balaban J connectivity index is 1.90. The number of benzene rings is 1. The molecule has 0 saturated carbocycles. The fourth-order valence-corrected chi connectivity index (χ4v) is 3.30. The second-order valence-electron chi connectivity index (χ2n) is 6.09. The van der Waals surface area contributed by atoms with Gasteiger partial charge in [0.1, 0.15) is 5.75 Å². The van der Waals surface area contributed by atoms with E-state index in [9.17, 15) is 0 Å². The summed E-state index contributed by atoms with van der Waals surface area (Å²) in [5.74, 6) is 1.13. The predicted molar refractivity (Wildman–Crippen MR) is 90.1 cm³/mol. The second-order valence-corrected chi connectivity index (χ2v) is 6.09. The fourth-order valence-electron chi connectivity index (χ4n) is 3.30. The highest BCUT2D eigenvalue weighted by Crippen LogP contribution is 2.35. The maximum Gasteiger partial charge on any atom is 0.122 e. The van der Waals surface area contributed by atoms with E-state index in [1.54, 1.807) is 0 Å². The van der Waals surface area contributed by atoms with Crippen LogP contribution in [0.3, 0.4) is 0 Å². The third-order valence-electron chi connectivity index (χ3n) is 4.42. The molecule has 1 aliphatic carbocycles. The number of hydrogen-bond donors (Lipinski definition) is 1. The normalized spacial score (nSPS) is 17.5. The minimum absolute atomic E-state index is 0.520. The van der Waals surface area contributed by atoms with Crippen molar-refractivity contribution in [1.82, 2.24) is 5.32 Å². The van der Waals surface area contributed by atoms with Gasteiger partial charge in [-0.3, -0.25) is 0 Å². The molecule has 21 heavy (non-hydrogen) atoms. The molecule has 1 aliphatic rings. The summed E-state index contributed by atoms with van der Waals surface area (Å²) in [6.07, 6.45) is 10.2. The van der Waals surface area contributed by atoms with Gasteiger partial charge in [0.05, 0.1) is 6.61 Å². The van der Waals surface area contributed by atoms with Gasteiger partial charge in [0.2, 0.25) is 0 Å². The van der Waals surface area contributed by atoms with Gasteiger partial charge in [0.25, 0.3) is 0 Å². The summed E-state index contributed by atoms with van der Waals surface area (Å²) < 4.78 is 6.08. The lowest BCUT2D eigenvalue weighted by Gasteiger charge is -2.27. The number of unbranched alkanes of at least 4 members (excludes halogenated alkanes) is 4. The van der Waals surface area contributed by atoms with E-state index < -0.39 is 0 Å². The van der Waals surface area contributed by atoms with E-state index in [2.05, 4.69) is 37.4 Å². The molecule has 0 aromatic heterocycles. The summed E-state index contributed by atoms with van der Waals surface area (Å²) in [5, 5.41) is 3.60. The van der Waals surface area contributed by atoms with Gasteiger partial charge in [-0.25, -0.2) is 0 Å². The Morgan fingerprint density at radius 3 is 2.81 bits per heavy atom. The van der Waals surface area contributed by atoms with Crippen molar-refractivity contribution in [2.45, 2.75) is 71.3 Å². The van der Waals surface area contributed by atoms with E-state index in [0.29, 0.717) is 6.04 Å². The van der Waals surface area contributed by atoms with Crippen LogP contribution in [0.2, 0.25) is 0 Å². The topological polar surface area (TPSA) is 21.3 Å². The van der Waals surface area contributed by atoms with E-state index in [1.807, 2.05) is 0 Å². The van der Waals surface area contributed by atoms with Crippen LogP contribution in [0, 0.1) is 0 Å². The van der Waals surface area contributed by atoms with Crippen molar-refractivity contribution in [1.29, 1.82) is 0 Å². The molecule has 2 heteroatoms. The predicted octanol–water partition coefficient (Wildman–Crippen LogP) is 5.02. The van der Waals surface area contributed by atoms with E-state index in [4.69, 9.17) is 4.74 Å². The van der Waals surface area contributed by atoms with Crippen LogP contribution in [0.1, 0.15) is 76.0 Å². The zero-order chi connectivity index (χ0) is 14.9. The molecule has 0 bridgehead atoms. The first-order chi connectivity index (χ1) is 10.4. The average molecular weight is 289 g/mol. The van der Waals surface area contributed by atoms with Gasteiger partial charge in [-0.2, -0.15) is 0 Å². The quantitative estimate of drug-likeness (QED) is 0.644. The van der Waals surface area contributed by atoms with Gasteiger partial charge in [-0.05, 0) is 49.4 Å². The zero-order valence-electron chi connectivity index (χ0n) is 13.8. The molecule has 0 fully saturated rings. The Bertz CT molecular complexity index is 416. The van der Waals surface area contributed by atoms with Crippen molar-refractivity contribution in [2.75, 3.05) is 13.2 Å². The molecule has 1 unspecified atom stereocenters. The van der Waals surface area contributed by atoms with Crippen LogP contribution in [-0.2, 0) is 6.42 Å². The van der Waals surface area contributed by atoms with Gasteiger partial charge < -0.3 is 10.1 Å². The Labute approximate surface area is 130 Å². The Kier molecular flexibility index (Phi) is 7.08. The van der Waals surface area contributed by atoms with Gasteiger partial charge in [0, 0.05) is 6.04 Å². The Morgan fingerprint density at radius 2 is 2.00 bits per heavy atom. The van der Waals surface area contributed by atoms with Crippen LogP contribution in [-0.4, -0.2) is 13.2 Å². The van der Waals surface area contributed by atoms with Gasteiger partial charge in [0.15, 0.2) is 0 Å². The Hall–Kier alpha value is -1.02. The number of rotatable bonds is 9. The molecule has 0 spiro atoms. The minimum atomic E-state index is 0.520. The maximum atomic E-state index is 6.08. The maximum absolute atomic E-state index is 6.08. The van der Waals surface area contributed by atoms with Crippen molar-refractivity contribution in [3.8, 4) is 5.75 Å². The van der Waals surface area contributed by atoms with Crippen LogP contribution < -0.4 is 10.1 Å². The van der Waals surface area contributed by atoms with Crippen molar-refractivity contribution >= 4 is 0 Å². The molecule has 0 aliphatic heterocycles. The molecule has 0 amide bonds. The smallest absolute Gasteiger partial charge is 0.122 e. The summed E-state index contributed by atoms with van der Waals surface area (Å²) >= 11 is 0. The number of ether oxygens (including phenoxy) is 1. The molecule has 0 heterocycles. The third kappa shape index (κ3) is 4.74. The monoisotopic (exact) mass is 289 g/mol. The van der Waals surface area contributed by atoms with Crippen molar-refractivity contribution in [3.63, 3.8) is 0 Å². The van der Waals surface area contributed by atoms with Crippen LogP contribution in [0.15, 0.2) is 18.2 Å². The molecular formula is C19H31NO. The first-order valence-electron chi connectivity index (χ1n) is 8.84. The zero-order valence-corrected chi connectivity index (χ0v) is 13.8. The first-order valence-corrected chi connectivity index (χ1v) is 8.84. The summed E-state index contributed by atoms with van der Waals surface area (Å²) in [5.41, 5.74) is 2.91. The second kappa shape index (κ2) is 9.09. The largest absolute Gasteiger partial charge is 0.493 e. The highest BCUT2D eigenvalue weighted by Gasteiger charge is 2.21. The minimum Gasteiger partial charge on any atom is -0.493 e. The number of nitrogens with one attached hydrogen (secondary N) is 1. The fraction of sp³-hybridized carbons (Fsp3) is 0.684. The molecule has 0 radical (unpaired) electrons.